The van der Waals surface area contributed by atoms with Crippen molar-refractivity contribution in [3.8, 4) is 0 Å². The fourth-order valence-corrected chi connectivity index (χ4v) is 2.64. The van der Waals surface area contributed by atoms with E-state index in [1.807, 2.05) is 37.3 Å². The molecule has 1 aromatic rings. The van der Waals surface area contributed by atoms with E-state index in [0.29, 0.717) is 32.1 Å². The molecule has 0 aliphatic rings. The second-order valence-corrected chi connectivity index (χ2v) is 7.33. The number of aliphatic hydroxyl groups excluding tert-OH is 1. The van der Waals surface area contributed by atoms with E-state index in [1.54, 1.807) is 6.92 Å². The molecule has 0 saturated carbocycles. The van der Waals surface area contributed by atoms with Gasteiger partial charge in [-0.3, -0.25) is 4.99 Å². The average molecular weight is 484 g/mol. The van der Waals surface area contributed by atoms with Crippen molar-refractivity contribution in [2.24, 2.45) is 4.99 Å². The van der Waals surface area contributed by atoms with Crippen LogP contribution in [-0.4, -0.2) is 58.0 Å². The molecule has 4 N–H and O–H groups in total. The first kappa shape index (κ1) is 24.1. The summed E-state index contributed by atoms with van der Waals surface area (Å²) in [5.74, 6) is 0.596. The zero-order valence-electron chi connectivity index (χ0n) is 14.7. The molecule has 0 bridgehead atoms. The fraction of sp³-hybridized carbons (Fsp3) is 0.562. The minimum atomic E-state index is -3.18. The lowest BCUT2D eigenvalue weighted by molar-refractivity contribution is 0.268. The number of guanidine groups is 1. The Morgan fingerprint density at radius 1 is 1.16 bits per heavy atom. The highest BCUT2D eigenvalue weighted by atomic mass is 127. The van der Waals surface area contributed by atoms with Crippen molar-refractivity contribution in [3.05, 3.63) is 35.9 Å². The summed E-state index contributed by atoms with van der Waals surface area (Å²) in [6.07, 6.45) is 0. The molecule has 1 atom stereocenters. The molecule has 0 spiro atoms. The molecule has 1 unspecified atom stereocenters. The van der Waals surface area contributed by atoms with Gasteiger partial charge in [0.05, 0.1) is 18.9 Å². The number of benzene rings is 1. The summed E-state index contributed by atoms with van der Waals surface area (Å²) < 4.78 is 25.2. The fourth-order valence-electron chi connectivity index (χ4n) is 2.03. The van der Waals surface area contributed by atoms with Crippen LogP contribution in [0.2, 0.25) is 0 Å². The largest absolute Gasteiger partial charge is 0.396 e. The van der Waals surface area contributed by atoms with E-state index >= 15 is 0 Å². The van der Waals surface area contributed by atoms with Crippen LogP contribution >= 0.6 is 24.0 Å². The van der Waals surface area contributed by atoms with E-state index in [9.17, 15) is 13.5 Å². The average Bonchev–Trinajstić information content (AvgIpc) is 2.60. The SMILES string of the molecule is CCNC(=NCC(CO)c1ccccc1)NCCNS(=O)(=O)CC.I. The van der Waals surface area contributed by atoms with Gasteiger partial charge >= 0.3 is 0 Å². The Kier molecular flexibility index (Phi) is 12.8. The number of nitrogens with zero attached hydrogens (tertiary/aromatic N) is 1. The molecule has 1 rings (SSSR count). The monoisotopic (exact) mass is 484 g/mol. The van der Waals surface area contributed by atoms with E-state index in [0.717, 1.165) is 5.56 Å². The minimum Gasteiger partial charge on any atom is -0.396 e. The number of sulfonamides is 1. The molecular formula is C16H29IN4O3S. The molecule has 7 nitrogen and oxygen atoms in total. The molecule has 0 aliphatic carbocycles. The number of halogens is 1. The van der Waals surface area contributed by atoms with E-state index in [-0.39, 0.29) is 42.3 Å². The second kappa shape index (κ2) is 13.3. The van der Waals surface area contributed by atoms with Gasteiger partial charge in [0.25, 0.3) is 0 Å². The van der Waals surface area contributed by atoms with Crippen LogP contribution in [-0.2, 0) is 10.0 Å². The third-order valence-electron chi connectivity index (χ3n) is 3.42. The van der Waals surface area contributed by atoms with E-state index in [4.69, 9.17) is 0 Å². The van der Waals surface area contributed by atoms with Crippen LogP contribution in [0, 0.1) is 0 Å². The smallest absolute Gasteiger partial charge is 0.211 e. The minimum absolute atomic E-state index is 0. The van der Waals surface area contributed by atoms with Crippen LogP contribution in [0.1, 0.15) is 25.3 Å². The van der Waals surface area contributed by atoms with Crippen LogP contribution in [0.5, 0.6) is 0 Å². The number of aliphatic hydroxyl groups is 1. The maximum atomic E-state index is 11.4. The molecule has 25 heavy (non-hydrogen) atoms. The van der Waals surface area contributed by atoms with Crippen molar-refractivity contribution in [1.29, 1.82) is 0 Å². The predicted octanol–water partition coefficient (Wildman–Crippen LogP) is 0.875. The van der Waals surface area contributed by atoms with E-state index < -0.39 is 10.0 Å². The lowest BCUT2D eigenvalue weighted by atomic mass is 10.0. The lowest BCUT2D eigenvalue weighted by Gasteiger charge is -2.15. The highest BCUT2D eigenvalue weighted by Gasteiger charge is 2.10. The third kappa shape index (κ3) is 9.97. The first-order valence-corrected chi connectivity index (χ1v) is 9.83. The van der Waals surface area contributed by atoms with Crippen LogP contribution < -0.4 is 15.4 Å². The molecule has 1 aromatic carbocycles. The van der Waals surface area contributed by atoms with Crippen LogP contribution in [0.4, 0.5) is 0 Å². The topological polar surface area (TPSA) is 103 Å². The molecular weight excluding hydrogens is 455 g/mol. The summed E-state index contributed by atoms with van der Waals surface area (Å²) in [6, 6.07) is 9.74. The van der Waals surface area contributed by atoms with Gasteiger partial charge in [-0.15, -0.1) is 24.0 Å². The zero-order chi connectivity index (χ0) is 17.8. The molecule has 0 amide bonds. The summed E-state index contributed by atoms with van der Waals surface area (Å²) in [4.78, 5) is 4.47. The second-order valence-electron chi connectivity index (χ2n) is 5.23. The Balaban J connectivity index is 0.00000576. The molecule has 0 aliphatic heterocycles. The van der Waals surface area contributed by atoms with E-state index in [2.05, 4.69) is 20.3 Å². The maximum absolute atomic E-state index is 11.4. The number of hydrogen-bond donors (Lipinski definition) is 4. The van der Waals surface area contributed by atoms with Gasteiger partial charge in [-0.2, -0.15) is 0 Å². The van der Waals surface area contributed by atoms with Gasteiger partial charge in [-0.25, -0.2) is 13.1 Å². The highest BCUT2D eigenvalue weighted by molar-refractivity contribution is 14.0. The molecule has 144 valence electrons. The molecule has 0 radical (unpaired) electrons. The standard InChI is InChI=1S/C16H28N4O3S.HI/c1-3-17-16(18-10-11-20-24(22,23)4-2)19-12-15(13-21)14-8-6-5-7-9-14;/h5-9,15,20-21H,3-4,10-13H2,1-2H3,(H2,17,18,19);1H. The van der Waals surface area contributed by atoms with Gasteiger partial charge in [0.15, 0.2) is 5.96 Å². The molecule has 0 heterocycles. The Labute approximate surface area is 167 Å². The van der Waals surface area contributed by atoms with Gasteiger partial charge in [0.1, 0.15) is 0 Å². The molecule has 0 aromatic heterocycles. The van der Waals surface area contributed by atoms with Crippen molar-refractivity contribution < 1.29 is 13.5 Å². The first-order valence-electron chi connectivity index (χ1n) is 8.17. The van der Waals surface area contributed by atoms with Gasteiger partial charge in [-0.05, 0) is 19.4 Å². The molecule has 9 heteroatoms. The summed E-state index contributed by atoms with van der Waals surface area (Å²) in [5.41, 5.74) is 1.04. The van der Waals surface area contributed by atoms with Gasteiger partial charge < -0.3 is 15.7 Å². The molecule has 0 saturated heterocycles. The quantitative estimate of drug-likeness (QED) is 0.171. The summed E-state index contributed by atoms with van der Waals surface area (Å²) >= 11 is 0. The third-order valence-corrected chi connectivity index (χ3v) is 4.83. The normalized spacial score (nSPS) is 13.0. The van der Waals surface area contributed by atoms with Crippen molar-refractivity contribution in [2.45, 2.75) is 19.8 Å². The number of nitrogens with one attached hydrogen (secondary N) is 3. The van der Waals surface area contributed by atoms with Gasteiger partial charge in [0, 0.05) is 25.6 Å². The lowest BCUT2D eigenvalue weighted by Crippen LogP contribution is -2.42. The van der Waals surface area contributed by atoms with Gasteiger partial charge in [0.2, 0.25) is 10.0 Å². The van der Waals surface area contributed by atoms with Crippen molar-refractivity contribution >= 4 is 40.0 Å². The van der Waals surface area contributed by atoms with E-state index in [1.165, 1.54) is 0 Å². The number of rotatable bonds is 10. The van der Waals surface area contributed by atoms with Crippen LogP contribution in [0.15, 0.2) is 35.3 Å². The van der Waals surface area contributed by atoms with Crippen molar-refractivity contribution in [1.82, 2.24) is 15.4 Å². The predicted molar refractivity (Wildman–Crippen MR) is 113 cm³/mol. The van der Waals surface area contributed by atoms with Crippen molar-refractivity contribution in [3.63, 3.8) is 0 Å². The summed E-state index contributed by atoms with van der Waals surface area (Å²) in [5, 5.41) is 15.8. The van der Waals surface area contributed by atoms with Gasteiger partial charge in [-0.1, -0.05) is 30.3 Å². The zero-order valence-corrected chi connectivity index (χ0v) is 17.9. The van der Waals surface area contributed by atoms with Crippen LogP contribution in [0.25, 0.3) is 0 Å². The Morgan fingerprint density at radius 2 is 1.84 bits per heavy atom. The number of hydrogen-bond acceptors (Lipinski definition) is 4. The van der Waals surface area contributed by atoms with Crippen molar-refractivity contribution in [2.75, 3.05) is 38.5 Å². The summed E-state index contributed by atoms with van der Waals surface area (Å²) in [7, 11) is -3.18. The Morgan fingerprint density at radius 3 is 2.40 bits per heavy atom. The Bertz CT molecular complexity index is 597. The molecule has 0 fully saturated rings. The maximum Gasteiger partial charge on any atom is 0.211 e. The first-order chi connectivity index (χ1) is 11.5. The Hall–Kier alpha value is -0.910. The highest BCUT2D eigenvalue weighted by Crippen LogP contribution is 2.14. The summed E-state index contributed by atoms with van der Waals surface area (Å²) in [6.45, 7) is 5.43. The number of aliphatic imine (C=N–C) groups is 1. The van der Waals surface area contributed by atoms with Crippen LogP contribution in [0.3, 0.4) is 0 Å².